The third-order valence-corrected chi connectivity index (χ3v) is 3.10. The molecule has 0 saturated heterocycles. The highest BCUT2D eigenvalue weighted by molar-refractivity contribution is 9.10. The van der Waals surface area contributed by atoms with Gasteiger partial charge in [0.15, 0.2) is 0 Å². The molecule has 2 aromatic heterocycles. The maximum absolute atomic E-state index is 11.8. The van der Waals surface area contributed by atoms with Crippen LogP contribution >= 0.6 is 15.9 Å². The number of aryl methyl sites for hydroxylation is 1. The van der Waals surface area contributed by atoms with Crippen LogP contribution in [0.1, 0.15) is 5.56 Å². The van der Waals surface area contributed by atoms with Crippen molar-refractivity contribution in [1.82, 2.24) is 4.98 Å². The van der Waals surface area contributed by atoms with Gasteiger partial charge in [0.2, 0.25) is 0 Å². The van der Waals surface area contributed by atoms with Crippen LogP contribution in [0.5, 0.6) is 0 Å². The Kier molecular flexibility index (Phi) is 2.26. The van der Waals surface area contributed by atoms with Gasteiger partial charge < -0.3 is 4.42 Å². The molecule has 0 N–H and O–H groups in total. The average molecular weight is 290 g/mol. The average Bonchev–Trinajstić information content (AvgIpc) is 2.30. The van der Waals surface area contributed by atoms with E-state index in [0.29, 0.717) is 16.5 Å². The monoisotopic (exact) mass is 289 g/mol. The van der Waals surface area contributed by atoms with Crippen LogP contribution in [0.25, 0.3) is 21.9 Å². The molecule has 0 radical (unpaired) electrons. The smallest absolute Gasteiger partial charge is 0.345 e. The Morgan fingerprint density at radius 3 is 2.88 bits per heavy atom. The number of rotatable bonds is 0. The summed E-state index contributed by atoms with van der Waals surface area (Å²) in [7, 11) is 0. The van der Waals surface area contributed by atoms with Gasteiger partial charge in [-0.15, -0.1) is 0 Å². The van der Waals surface area contributed by atoms with Crippen LogP contribution in [0.2, 0.25) is 0 Å². The molecular weight excluding hydrogens is 282 g/mol. The van der Waals surface area contributed by atoms with Crippen molar-refractivity contribution >= 4 is 37.8 Å². The molecule has 0 aliphatic carbocycles. The molecule has 4 heteroatoms. The van der Waals surface area contributed by atoms with Gasteiger partial charge in [-0.1, -0.05) is 11.6 Å². The number of fused-ring (bicyclic) bond motifs is 3. The van der Waals surface area contributed by atoms with Gasteiger partial charge in [-0.3, -0.25) is 4.98 Å². The summed E-state index contributed by atoms with van der Waals surface area (Å²) in [6, 6.07) is 7.42. The lowest BCUT2D eigenvalue weighted by atomic mass is 10.1. The highest BCUT2D eigenvalue weighted by Gasteiger charge is 2.08. The molecule has 0 aliphatic rings. The van der Waals surface area contributed by atoms with Crippen molar-refractivity contribution in [2.45, 2.75) is 6.92 Å². The van der Waals surface area contributed by atoms with Crippen LogP contribution in [0.15, 0.2) is 44.1 Å². The second kappa shape index (κ2) is 3.67. The Morgan fingerprint density at radius 1 is 1.24 bits per heavy atom. The minimum atomic E-state index is -0.356. The highest BCUT2D eigenvalue weighted by atomic mass is 79.9. The summed E-state index contributed by atoms with van der Waals surface area (Å²) in [5.41, 5.74) is 2.01. The van der Waals surface area contributed by atoms with Crippen molar-refractivity contribution in [2.75, 3.05) is 0 Å². The third-order valence-electron chi connectivity index (χ3n) is 2.67. The molecule has 2 heterocycles. The summed E-state index contributed by atoms with van der Waals surface area (Å²) < 4.78 is 6.04. The molecule has 3 aromatic rings. The van der Waals surface area contributed by atoms with E-state index >= 15 is 0 Å². The largest absolute Gasteiger partial charge is 0.422 e. The summed E-state index contributed by atoms with van der Waals surface area (Å²) in [4.78, 5) is 16.1. The van der Waals surface area contributed by atoms with E-state index in [1.807, 2.05) is 19.1 Å². The summed E-state index contributed by atoms with van der Waals surface area (Å²) in [6.07, 6.45) is 1.68. The van der Waals surface area contributed by atoms with Gasteiger partial charge in [-0.05, 0) is 41.1 Å². The Morgan fingerprint density at radius 2 is 2.06 bits per heavy atom. The second-order valence-corrected chi connectivity index (χ2v) is 4.85. The Hall–Kier alpha value is -1.68. The van der Waals surface area contributed by atoms with Crippen LogP contribution in [0, 0.1) is 6.92 Å². The van der Waals surface area contributed by atoms with E-state index in [9.17, 15) is 4.79 Å². The van der Waals surface area contributed by atoms with Gasteiger partial charge in [-0.25, -0.2) is 4.79 Å². The molecule has 84 valence electrons. The molecule has 3 rings (SSSR count). The summed E-state index contributed by atoms with van der Waals surface area (Å²) in [5.74, 6) is 0. The zero-order valence-corrected chi connectivity index (χ0v) is 10.6. The first-order valence-corrected chi connectivity index (χ1v) is 5.93. The fourth-order valence-electron chi connectivity index (χ4n) is 1.88. The number of aromatic nitrogens is 1. The van der Waals surface area contributed by atoms with E-state index in [-0.39, 0.29) is 5.63 Å². The lowest BCUT2D eigenvalue weighted by molar-refractivity contribution is 0.569. The van der Waals surface area contributed by atoms with E-state index < -0.39 is 0 Å². The van der Waals surface area contributed by atoms with E-state index in [4.69, 9.17) is 4.42 Å². The van der Waals surface area contributed by atoms with E-state index in [2.05, 4.69) is 20.9 Å². The van der Waals surface area contributed by atoms with Crippen LogP contribution in [-0.4, -0.2) is 4.98 Å². The van der Waals surface area contributed by atoms with Crippen LogP contribution in [0.3, 0.4) is 0 Å². The van der Waals surface area contributed by atoms with Crippen molar-refractivity contribution in [1.29, 1.82) is 0 Å². The lowest BCUT2D eigenvalue weighted by Crippen LogP contribution is -2.01. The Balaban J connectivity index is 2.62. The van der Waals surface area contributed by atoms with Crippen molar-refractivity contribution in [3.8, 4) is 0 Å². The van der Waals surface area contributed by atoms with Crippen molar-refractivity contribution in [3.05, 3.63) is 50.9 Å². The molecular formula is C13H8BrNO2. The van der Waals surface area contributed by atoms with Gasteiger partial charge >= 0.3 is 5.63 Å². The minimum Gasteiger partial charge on any atom is -0.422 e. The van der Waals surface area contributed by atoms with E-state index in [1.54, 1.807) is 18.3 Å². The topological polar surface area (TPSA) is 43.1 Å². The molecule has 0 bridgehead atoms. The van der Waals surface area contributed by atoms with Gasteiger partial charge in [0.25, 0.3) is 0 Å². The molecule has 3 nitrogen and oxygen atoms in total. The SMILES string of the molecule is Cc1ccc2oc(=O)c3cc(Br)cnc3c2c1. The number of pyridine rings is 1. The standard InChI is InChI=1S/C13H8BrNO2/c1-7-2-3-11-9(4-7)12-10(13(16)17-11)5-8(14)6-15-12/h2-6H,1H3. The van der Waals surface area contributed by atoms with Crippen LogP contribution < -0.4 is 5.63 Å². The number of hydrogen-bond acceptors (Lipinski definition) is 3. The minimum absolute atomic E-state index is 0.356. The molecule has 0 unspecified atom stereocenters. The number of benzene rings is 1. The molecule has 17 heavy (non-hydrogen) atoms. The Bertz CT molecular complexity index is 792. The molecule has 0 saturated carbocycles. The highest BCUT2D eigenvalue weighted by Crippen LogP contribution is 2.23. The number of hydrogen-bond donors (Lipinski definition) is 0. The molecule has 1 aromatic carbocycles. The van der Waals surface area contributed by atoms with Gasteiger partial charge in [-0.2, -0.15) is 0 Å². The summed E-state index contributed by atoms with van der Waals surface area (Å²) >= 11 is 3.30. The van der Waals surface area contributed by atoms with Crippen molar-refractivity contribution in [2.24, 2.45) is 0 Å². The molecule has 0 fully saturated rings. The first-order valence-electron chi connectivity index (χ1n) is 5.14. The molecule has 0 spiro atoms. The van der Waals surface area contributed by atoms with Crippen LogP contribution in [-0.2, 0) is 0 Å². The molecule has 0 amide bonds. The molecule has 0 atom stereocenters. The van der Waals surface area contributed by atoms with Crippen molar-refractivity contribution < 1.29 is 4.42 Å². The maximum atomic E-state index is 11.8. The van der Waals surface area contributed by atoms with E-state index in [1.165, 1.54) is 0 Å². The fraction of sp³-hybridized carbons (Fsp3) is 0.0769. The zero-order chi connectivity index (χ0) is 12.0. The van der Waals surface area contributed by atoms with Gasteiger partial charge in [0, 0.05) is 16.1 Å². The van der Waals surface area contributed by atoms with Crippen LogP contribution in [0.4, 0.5) is 0 Å². The second-order valence-electron chi connectivity index (χ2n) is 3.94. The predicted octanol–water partition coefficient (Wildman–Crippen LogP) is 3.41. The summed E-state index contributed by atoms with van der Waals surface area (Å²) in [5, 5.41) is 1.37. The predicted molar refractivity (Wildman–Crippen MR) is 70.2 cm³/mol. The lowest BCUT2D eigenvalue weighted by Gasteiger charge is -2.02. The number of halogens is 1. The zero-order valence-electron chi connectivity index (χ0n) is 9.03. The van der Waals surface area contributed by atoms with Gasteiger partial charge in [0.1, 0.15) is 5.58 Å². The van der Waals surface area contributed by atoms with E-state index in [0.717, 1.165) is 15.4 Å². The first-order chi connectivity index (χ1) is 8.15. The normalized spacial score (nSPS) is 11.2. The summed E-state index contributed by atoms with van der Waals surface area (Å²) in [6.45, 7) is 2.00. The maximum Gasteiger partial charge on any atom is 0.345 e. The quantitative estimate of drug-likeness (QED) is 0.470. The molecule has 0 aliphatic heterocycles. The van der Waals surface area contributed by atoms with Crippen molar-refractivity contribution in [3.63, 3.8) is 0 Å². The van der Waals surface area contributed by atoms with Gasteiger partial charge in [0.05, 0.1) is 10.9 Å². The number of nitrogens with zero attached hydrogens (tertiary/aromatic N) is 1. The third kappa shape index (κ3) is 1.65. The first kappa shape index (κ1) is 10.5. The fourth-order valence-corrected chi connectivity index (χ4v) is 2.21. The Labute approximate surface area is 105 Å².